The Labute approximate surface area is 119 Å². The van der Waals surface area contributed by atoms with Crippen LogP contribution in [0, 0.1) is 17.7 Å². The van der Waals surface area contributed by atoms with Gasteiger partial charge in [0, 0.05) is 0 Å². The number of anilines is 1. The van der Waals surface area contributed by atoms with Crippen molar-refractivity contribution in [3.8, 4) is 11.8 Å². The first kappa shape index (κ1) is 14.2. The first-order chi connectivity index (χ1) is 9.67. The summed E-state index contributed by atoms with van der Waals surface area (Å²) in [7, 11) is 0. The minimum atomic E-state index is -0.358. The van der Waals surface area contributed by atoms with Crippen LogP contribution in [-0.4, -0.2) is 17.4 Å². The van der Waals surface area contributed by atoms with E-state index in [1.54, 1.807) is 18.3 Å². The number of carbonyl (C=O) groups is 1. The first-order valence-corrected chi connectivity index (χ1v) is 6.68. The summed E-state index contributed by atoms with van der Waals surface area (Å²) in [6.07, 6.45) is 1.67. The Hall–Kier alpha value is -2.23. The Morgan fingerprint density at radius 1 is 1.50 bits per heavy atom. The number of carbonyl (C=O) groups excluding carboxylic acids is 1. The molecule has 1 aromatic heterocycles. The molecular formula is C14H12FN3OS. The van der Waals surface area contributed by atoms with Crippen molar-refractivity contribution in [2.45, 2.75) is 6.42 Å². The number of amides is 1. The molecule has 4 nitrogen and oxygen atoms in total. The number of nitrogens with two attached hydrogens (primary N) is 1. The van der Waals surface area contributed by atoms with Crippen molar-refractivity contribution in [2.24, 2.45) is 5.73 Å². The number of thiazole rings is 1. The Morgan fingerprint density at radius 3 is 3.10 bits per heavy atom. The molecule has 0 saturated heterocycles. The molecule has 6 heteroatoms. The average Bonchev–Trinajstić information content (AvgIpc) is 2.83. The fraction of sp³-hybridized carbons (Fsp3) is 0.143. The molecule has 2 rings (SSSR count). The van der Waals surface area contributed by atoms with Crippen molar-refractivity contribution < 1.29 is 9.18 Å². The summed E-state index contributed by atoms with van der Waals surface area (Å²) < 4.78 is 13.0. The summed E-state index contributed by atoms with van der Waals surface area (Å²) in [6, 6.07) is 5.94. The van der Waals surface area contributed by atoms with Crippen molar-refractivity contribution in [1.29, 1.82) is 0 Å². The predicted molar refractivity (Wildman–Crippen MR) is 76.8 cm³/mol. The molecule has 0 atom stereocenters. The van der Waals surface area contributed by atoms with Crippen LogP contribution in [0.4, 0.5) is 9.52 Å². The van der Waals surface area contributed by atoms with E-state index in [1.807, 2.05) is 0 Å². The Morgan fingerprint density at radius 2 is 2.35 bits per heavy atom. The van der Waals surface area contributed by atoms with Crippen LogP contribution in [0.15, 0.2) is 30.5 Å². The summed E-state index contributed by atoms with van der Waals surface area (Å²) in [6.45, 7) is 0.277. The van der Waals surface area contributed by atoms with E-state index in [9.17, 15) is 9.18 Å². The molecule has 0 unspecified atom stereocenters. The van der Waals surface area contributed by atoms with Gasteiger partial charge in [0.2, 0.25) is 5.91 Å². The van der Waals surface area contributed by atoms with Gasteiger partial charge in [0.25, 0.3) is 0 Å². The lowest BCUT2D eigenvalue weighted by molar-refractivity contribution is -0.115. The van der Waals surface area contributed by atoms with Crippen LogP contribution >= 0.6 is 11.3 Å². The molecule has 1 heterocycles. The standard InChI is InChI=1S/C14H12FN3OS/c15-11-4-1-3-10(7-11)8-13(19)18-14-17-9-12(20-14)5-2-6-16/h1,3-4,7,9H,6,8,16H2,(H,17,18,19). The van der Waals surface area contributed by atoms with Crippen LogP contribution in [0.25, 0.3) is 0 Å². The SMILES string of the molecule is NCC#Cc1cnc(NC(=O)Cc2cccc(F)c2)s1. The van der Waals surface area contributed by atoms with Gasteiger partial charge in [0.15, 0.2) is 5.13 Å². The molecule has 0 fully saturated rings. The molecule has 1 aromatic carbocycles. The van der Waals surface area contributed by atoms with Gasteiger partial charge in [-0.05, 0) is 17.7 Å². The van der Waals surface area contributed by atoms with Crippen molar-refractivity contribution in [3.63, 3.8) is 0 Å². The highest BCUT2D eigenvalue weighted by Gasteiger charge is 2.07. The maximum atomic E-state index is 13.0. The zero-order valence-electron chi connectivity index (χ0n) is 10.5. The Bertz CT molecular complexity index is 672. The molecule has 0 spiro atoms. The molecule has 0 saturated carbocycles. The summed E-state index contributed by atoms with van der Waals surface area (Å²) in [4.78, 5) is 16.6. The second kappa shape index (κ2) is 6.80. The second-order valence-electron chi connectivity index (χ2n) is 3.89. The molecule has 102 valence electrons. The predicted octanol–water partition coefficient (Wildman–Crippen LogP) is 1.77. The zero-order chi connectivity index (χ0) is 14.4. The number of nitrogens with zero attached hydrogens (tertiary/aromatic N) is 1. The van der Waals surface area contributed by atoms with Crippen LogP contribution < -0.4 is 11.1 Å². The molecule has 0 aliphatic rings. The third-order valence-electron chi connectivity index (χ3n) is 2.32. The third-order valence-corrected chi connectivity index (χ3v) is 3.15. The summed E-state index contributed by atoms with van der Waals surface area (Å²) in [5.74, 6) is 4.94. The van der Waals surface area contributed by atoms with Gasteiger partial charge in [-0.1, -0.05) is 35.3 Å². The summed E-state index contributed by atoms with van der Waals surface area (Å²) >= 11 is 1.27. The average molecular weight is 289 g/mol. The van der Waals surface area contributed by atoms with E-state index in [4.69, 9.17) is 5.73 Å². The van der Waals surface area contributed by atoms with Gasteiger partial charge < -0.3 is 11.1 Å². The van der Waals surface area contributed by atoms with E-state index in [-0.39, 0.29) is 24.7 Å². The third kappa shape index (κ3) is 4.16. The van der Waals surface area contributed by atoms with E-state index in [0.29, 0.717) is 10.7 Å². The van der Waals surface area contributed by atoms with E-state index in [0.717, 1.165) is 4.88 Å². The van der Waals surface area contributed by atoms with Crippen molar-refractivity contribution in [2.75, 3.05) is 11.9 Å². The van der Waals surface area contributed by atoms with Crippen molar-refractivity contribution >= 4 is 22.4 Å². The largest absolute Gasteiger partial charge is 0.320 e. The van der Waals surface area contributed by atoms with Gasteiger partial charge in [-0.3, -0.25) is 4.79 Å². The van der Waals surface area contributed by atoms with Gasteiger partial charge in [-0.25, -0.2) is 9.37 Å². The maximum Gasteiger partial charge on any atom is 0.230 e. The normalized spacial score (nSPS) is 9.70. The number of aromatic nitrogens is 1. The molecule has 0 bridgehead atoms. The number of benzene rings is 1. The highest BCUT2D eigenvalue weighted by molar-refractivity contribution is 7.16. The lowest BCUT2D eigenvalue weighted by atomic mass is 10.1. The van der Waals surface area contributed by atoms with Crippen LogP contribution in [-0.2, 0) is 11.2 Å². The quantitative estimate of drug-likeness (QED) is 0.846. The number of hydrogen-bond acceptors (Lipinski definition) is 4. The van der Waals surface area contributed by atoms with Gasteiger partial charge >= 0.3 is 0 Å². The molecule has 2 aromatic rings. The zero-order valence-corrected chi connectivity index (χ0v) is 11.3. The molecule has 0 aliphatic heterocycles. The Balaban J connectivity index is 1.96. The summed E-state index contributed by atoms with van der Waals surface area (Å²) in [5.41, 5.74) is 5.89. The lowest BCUT2D eigenvalue weighted by Crippen LogP contribution is -2.14. The molecule has 0 aliphatic carbocycles. The topological polar surface area (TPSA) is 68.0 Å². The number of rotatable bonds is 3. The molecule has 20 heavy (non-hydrogen) atoms. The van der Waals surface area contributed by atoms with Crippen LogP contribution in [0.5, 0.6) is 0 Å². The van der Waals surface area contributed by atoms with E-state index >= 15 is 0 Å². The lowest BCUT2D eigenvalue weighted by Gasteiger charge is -2.01. The van der Waals surface area contributed by atoms with Crippen LogP contribution in [0.2, 0.25) is 0 Å². The Kier molecular flexibility index (Phi) is 4.82. The second-order valence-corrected chi connectivity index (χ2v) is 4.92. The molecule has 1 amide bonds. The fourth-order valence-electron chi connectivity index (χ4n) is 1.52. The van der Waals surface area contributed by atoms with Gasteiger partial charge in [0.05, 0.1) is 24.0 Å². The number of nitrogens with one attached hydrogen (secondary N) is 1. The maximum absolute atomic E-state index is 13.0. The fourth-order valence-corrected chi connectivity index (χ4v) is 2.23. The highest BCUT2D eigenvalue weighted by atomic mass is 32.1. The minimum Gasteiger partial charge on any atom is -0.320 e. The monoisotopic (exact) mass is 289 g/mol. The molecule has 0 radical (unpaired) electrons. The van der Waals surface area contributed by atoms with Crippen molar-refractivity contribution in [3.05, 3.63) is 46.7 Å². The van der Waals surface area contributed by atoms with Crippen molar-refractivity contribution in [1.82, 2.24) is 4.98 Å². The highest BCUT2D eigenvalue weighted by Crippen LogP contribution is 2.17. The smallest absolute Gasteiger partial charge is 0.230 e. The first-order valence-electron chi connectivity index (χ1n) is 5.86. The van der Waals surface area contributed by atoms with E-state index in [2.05, 4.69) is 22.1 Å². The number of halogens is 1. The van der Waals surface area contributed by atoms with E-state index < -0.39 is 0 Å². The van der Waals surface area contributed by atoms with E-state index in [1.165, 1.54) is 23.5 Å². The summed E-state index contributed by atoms with van der Waals surface area (Å²) in [5, 5.41) is 3.12. The van der Waals surface area contributed by atoms with Gasteiger partial charge in [-0.15, -0.1) is 0 Å². The van der Waals surface area contributed by atoms with Crippen LogP contribution in [0.1, 0.15) is 10.4 Å². The number of hydrogen-bond donors (Lipinski definition) is 2. The molecule has 3 N–H and O–H groups in total. The minimum absolute atomic E-state index is 0.0984. The van der Waals surface area contributed by atoms with Crippen LogP contribution in [0.3, 0.4) is 0 Å². The van der Waals surface area contributed by atoms with Gasteiger partial charge in [0.1, 0.15) is 5.82 Å². The molecular weight excluding hydrogens is 277 g/mol. The van der Waals surface area contributed by atoms with Gasteiger partial charge in [-0.2, -0.15) is 0 Å².